The summed E-state index contributed by atoms with van der Waals surface area (Å²) in [5, 5.41) is 2.68. The lowest BCUT2D eigenvalue weighted by Crippen LogP contribution is -2.35. The number of nitrogens with zero attached hydrogens (tertiary/aromatic N) is 1. The molecular weight excluding hydrogens is 200 g/mol. The first kappa shape index (κ1) is 11.0. The molecule has 0 aromatic rings. The smallest absolute Gasteiger partial charge is 0.321 e. The molecule has 0 saturated carbocycles. The average molecular weight is 218 g/mol. The molecule has 1 heterocycles. The minimum atomic E-state index is -0.0252. The maximum atomic E-state index is 11.7. The monoisotopic (exact) mass is 218 g/mol. The molecule has 2 amide bonds. The highest BCUT2D eigenvalue weighted by Crippen LogP contribution is 2.32. The molecule has 1 aliphatic heterocycles. The van der Waals surface area contributed by atoms with Gasteiger partial charge in [-0.15, -0.1) is 0 Å². The molecule has 1 aliphatic carbocycles. The van der Waals surface area contributed by atoms with Crippen molar-refractivity contribution in [3.05, 3.63) is 35.6 Å². The van der Waals surface area contributed by atoms with Crippen LogP contribution in [0.4, 0.5) is 4.79 Å². The third-order valence-corrected chi connectivity index (χ3v) is 3.07. The molecular formula is C13H18N2O. The summed E-state index contributed by atoms with van der Waals surface area (Å²) in [5.74, 6) is 0. The van der Waals surface area contributed by atoms with Gasteiger partial charge in [-0.05, 0) is 18.1 Å². The number of rotatable bonds is 0. The molecule has 3 heteroatoms. The molecule has 0 aromatic carbocycles. The van der Waals surface area contributed by atoms with Crippen molar-refractivity contribution in [2.75, 3.05) is 13.6 Å². The molecule has 1 N–H and O–H groups in total. The summed E-state index contributed by atoms with van der Waals surface area (Å²) < 4.78 is 0. The van der Waals surface area contributed by atoms with E-state index >= 15 is 0 Å². The van der Waals surface area contributed by atoms with Gasteiger partial charge in [0.05, 0.1) is 0 Å². The largest absolute Gasteiger partial charge is 0.341 e. The highest BCUT2D eigenvalue weighted by molar-refractivity contribution is 5.77. The van der Waals surface area contributed by atoms with Crippen LogP contribution in [0.15, 0.2) is 35.6 Å². The van der Waals surface area contributed by atoms with Crippen molar-refractivity contribution >= 4 is 6.03 Å². The maximum absolute atomic E-state index is 11.7. The normalized spacial score (nSPS) is 22.1. The Bertz CT molecular complexity index is 402. The number of nitrogens with one attached hydrogen (secondary N) is 1. The van der Waals surface area contributed by atoms with E-state index in [2.05, 4.69) is 43.5 Å². The first-order valence-corrected chi connectivity index (χ1v) is 5.64. The minimum absolute atomic E-state index is 0.0252. The van der Waals surface area contributed by atoms with Crippen LogP contribution in [-0.2, 0) is 0 Å². The summed E-state index contributed by atoms with van der Waals surface area (Å²) in [6, 6.07) is -0.0252. The van der Waals surface area contributed by atoms with E-state index in [4.69, 9.17) is 0 Å². The molecule has 0 aromatic heterocycles. The number of urea groups is 1. The quantitative estimate of drug-likeness (QED) is 0.665. The predicted molar refractivity (Wildman–Crippen MR) is 64.9 cm³/mol. The van der Waals surface area contributed by atoms with E-state index in [-0.39, 0.29) is 11.4 Å². The van der Waals surface area contributed by atoms with E-state index < -0.39 is 0 Å². The maximum Gasteiger partial charge on any atom is 0.321 e. The summed E-state index contributed by atoms with van der Waals surface area (Å²) in [5.41, 5.74) is 2.37. The van der Waals surface area contributed by atoms with Gasteiger partial charge in [0.2, 0.25) is 0 Å². The zero-order valence-corrected chi connectivity index (χ0v) is 10.1. The summed E-state index contributed by atoms with van der Waals surface area (Å²) in [7, 11) is 1.67. The first-order valence-electron chi connectivity index (χ1n) is 5.64. The van der Waals surface area contributed by atoms with Crippen molar-refractivity contribution in [1.29, 1.82) is 0 Å². The number of hydrogen-bond acceptors (Lipinski definition) is 1. The van der Waals surface area contributed by atoms with Crippen LogP contribution in [0.25, 0.3) is 0 Å². The standard InChI is InChI=1S/C13H18N2O/c1-13(2)7-4-10-6-9-15(12(16)14-3)11(10)5-8-13/h4-5,7-8H,6,9H2,1-3H3,(H,14,16). The molecule has 2 aliphatic rings. The van der Waals surface area contributed by atoms with Crippen LogP contribution in [0.3, 0.4) is 0 Å². The van der Waals surface area contributed by atoms with Crippen LogP contribution in [0, 0.1) is 5.41 Å². The Hall–Kier alpha value is -1.51. The summed E-state index contributed by atoms with van der Waals surface area (Å²) in [4.78, 5) is 13.5. The number of hydrogen-bond donors (Lipinski definition) is 1. The van der Waals surface area contributed by atoms with E-state index in [0.29, 0.717) is 0 Å². The predicted octanol–water partition coefficient (Wildman–Crippen LogP) is 2.44. The lowest BCUT2D eigenvalue weighted by Gasteiger charge is -2.18. The summed E-state index contributed by atoms with van der Waals surface area (Å²) >= 11 is 0. The zero-order chi connectivity index (χ0) is 11.8. The lowest BCUT2D eigenvalue weighted by atomic mass is 9.93. The van der Waals surface area contributed by atoms with Crippen molar-refractivity contribution in [3.8, 4) is 0 Å². The molecule has 0 saturated heterocycles. The second-order valence-corrected chi connectivity index (χ2v) is 4.86. The minimum Gasteiger partial charge on any atom is -0.341 e. The number of amides is 2. The first-order chi connectivity index (χ1) is 7.53. The van der Waals surface area contributed by atoms with E-state index in [0.717, 1.165) is 18.7 Å². The molecule has 0 radical (unpaired) electrons. The van der Waals surface area contributed by atoms with E-state index in [9.17, 15) is 4.79 Å². The molecule has 2 rings (SSSR count). The van der Waals surface area contributed by atoms with Crippen molar-refractivity contribution in [2.45, 2.75) is 20.3 Å². The third-order valence-electron chi connectivity index (χ3n) is 3.07. The fourth-order valence-electron chi connectivity index (χ4n) is 2.03. The van der Waals surface area contributed by atoms with Gasteiger partial charge in [0.1, 0.15) is 0 Å². The van der Waals surface area contributed by atoms with Crippen LogP contribution in [0.1, 0.15) is 20.3 Å². The van der Waals surface area contributed by atoms with E-state index in [1.807, 2.05) is 0 Å². The van der Waals surface area contributed by atoms with Crippen LogP contribution < -0.4 is 5.32 Å². The third kappa shape index (κ3) is 1.90. The van der Waals surface area contributed by atoms with E-state index in [1.54, 1.807) is 11.9 Å². The molecule has 86 valence electrons. The van der Waals surface area contributed by atoms with Crippen molar-refractivity contribution < 1.29 is 4.79 Å². The van der Waals surface area contributed by atoms with Gasteiger partial charge < -0.3 is 5.32 Å². The highest BCUT2D eigenvalue weighted by Gasteiger charge is 2.26. The summed E-state index contributed by atoms with van der Waals surface area (Å²) in [6.07, 6.45) is 9.50. The lowest BCUT2D eigenvalue weighted by molar-refractivity contribution is 0.218. The van der Waals surface area contributed by atoms with Crippen LogP contribution in [0.5, 0.6) is 0 Å². The second-order valence-electron chi connectivity index (χ2n) is 4.86. The molecule has 3 nitrogen and oxygen atoms in total. The van der Waals surface area contributed by atoms with Gasteiger partial charge in [0.25, 0.3) is 0 Å². The number of carbonyl (C=O) groups is 1. The van der Waals surface area contributed by atoms with Gasteiger partial charge >= 0.3 is 6.03 Å². The highest BCUT2D eigenvalue weighted by atomic mass is 16.2. The average Bonchev–Trinajstić information content (AvgIpc) is 2.59. The van der Waals surface area contributed by atoms with Gasteiger partial charge in [0, 0.05) is 24.7 Å². The number of carbonyl (C=O) groups excluding carboxylic acids is 1. The fraction of sp³-hybridized carbons (Fsp3) is 0.462. The SMILES string of the molecule is CNC(=O)N1CCC2=C1C=CC(C)(C)C=C2. The van der Waals surface area contributed by atoms with Gasteiger partial charge in [-0.1, -0.05) is 32.1 Å². The van der Waals surface area contributed by atoms with Crippen molar-refractivity contribution in [3.63, 3.8) is 0 Å². The summed E-state index contributed by atoms with van der Waals surface area (Å²) in [6.45, 7) is 5.10. The van der Waals surface area contributed by atoms with Gasteiger partial charge in [-0.2, -0.15) is 0 Å². The Morgan fingerprint density at radius 2 is 2.06 bits per heavy atom. The van der Waals surface area contributed by atoms with Crippen LogP contribution in [-0.4, -0.2) is 24.5 Å². The van der Waals surface area contributed by atoms with Gasteiger partial charge in [-0.25, -0.2) is 4.79 Å². The Morgan fingerprint density at radius 3 is 2.75 bits per heavy atom. The van der Waals surface area contributed by atoms with E-state index in [1.165, 1.54) is 5.57 Å². The molecule has 16 heavy (non-hydrogen) atoms. The van der Waals surface area contributed by atoms with Crippen molar-refractivity contribution in [2.24, 2.45) is 5.41 Å². The Morgan fingerprint density at radius 1 is 1.38 bits per heavy atom. The molecule has 0 spiro atoms. The second kappa shape index (κ2) is 3.81. The zero-order valence-electron chi connectivity index (χ0n) is 10.1. The molecule has 0 atom stereocenters. The molecule has 0 bridgehead atoms. The molecule has 0 fully saturated rings. The Labute approximate surface area is 96.5 Å². The molecule has 0 unspecified atom stereocenters. The Kier molecular flexibility index (Phi) is 2.62. The van der Waals surface area contributed by atoms with Crippen LogP contribution >= 0.6 is 0 Å². The topological polar surface area (TPSA) is 32.3 Å². The van der Waals surface area contributed by atoms with Gasteiger partial charge in [-0.3, -0.25) is 4.90 Å². The Balaban J connectivity index is 2.31. The van der Waals surface area contributed by atoms with Gasteiger partial charge in [0.15, 0.2) is 0 Å². The fourth-order valence-corrected chi connectivity index (χ4v) is 2.03. The van der Waals surface area contributed by atoms with Crippen LogP contribution in [0.2, 0.25) is 0 Å². The van der Waals surface area contributed by atoms with Crippen molar-refractivity contribution in [1.82, 2.24) is 10.2 Å². The number of allylic oxidation sites excluding steroid dienone is 4.